The van der Waals surface area contributed by atoms with E-state index in [2.05, 4.69) is 11.6 Å². The smallest absolute Gasteiger partial charge is 0.322 e. The van der Waals surface area contributed by atoms with Crippen LogP contribution in [0.5, 0.6) is 0 Å². The molecule has 0 saturated carbocycles. The third-order valence-electron chi connectivity index (χ3n) is 3.09. The Morgan fingerprint density at radius 3 is 2.33 bits per heavy atom. The minimum atomic E-state index is -0.314. The van der Waals surface area contributed by atoms with E-state index in [0.29, 0.717) is 30.1 Å². The zero-order chi connectivity index (χ0) is 13.4. The highest BCUT2D eigenvalue weighted by Crippen LogP contribution is 2.10. The summed E-state index contributed by atoms with van der Waals surface area (Å²) >= 11 is 0. The minimum absolute atomic E-state index is 0.301. The van der Waals surface area contributed by atoms with Gasteiger partial charge in [0.1, 0.15) is 5.82 Å². The quantitative estimate of drug-likeness (QED) is 0.798. The molecule has 96 valence electrons. The second-order valence-corrected chi connectivity index (χ2v) is 3.98. The van der Waals surface area contributed by atoms with Gasteiger partial charge < -0.3 is 4.57 Å². The lowest BCUT2D eigenvalue weighted by atomic mass is 10.4. The van der Waals surface area contributed by atoms with E-state index < -0.39 is 0 Å². The number of aromatic nitrogens is 4. The Labute approximate surface area is 104 Å². The van der Waals surface area contributed by atoms with Gasteiger partial charge in [-0.05, 0) is 19.9 Å². The molecule has 0 aromatic carbocycles. The molecule has 0 unspecified atom stereocenters. The van der Waals surface area contributed by atoms with Crippen LogP contribution >= 0.6 is 0 Å². The molecule has 0 spiro atoms. The standard InChI is InChI=1S/C12H16N4O2/c1-5-8-13-10-9(14(8)4)11(17)16(7-3)12(18)15(10)6-2/h5H,1,6-7H2,2-4H3. The molecule has 6 heteroatoms. The number of fused-ring (bicyclic) bond motifs is 1. The van der Waals surface area contributed by atoms with Crippen LogP contribution in [-0.2, 0) is 20.1 Å². The number of aryl methyl sites for hydroxylation is 2. The summed E-state index contributed by atoms with van der Waals surface area (Å²) in [5, 5.41) is 0. The number of hydrogen-bond acceptors (Lipinski definition) is 3. The van der Waals surface area contributed by atoms with Crippen molar-refractivity contribution in [3.05, 3.63) is 33.2 Å². The lowest BCUT2D eigenvalue weighted by Gasteiger charge is -2.07. The van der Waals surface area contributed by atoms with Crippen molar-refractivity contribution >= 4 is 17.2 Å². The van der Waals surface area contributed by atoms with Crippen LogP contribution in [0.15, 0.2) is 16.2 Å². The van der Waals surface area contributed by atoms with Gasteiger partial charge >= 0.3 is 5.69 Å². The van der Waals surface area contributed by atoms with Crippen molar-refractivity contribution in [3.8, 4) is 0 Å². The summed E-state index contributed by atoms with van der Waals surface area (Å²) in [6.45, 7) is 8.11. The molecule has 2 rings (SSSR count). The summed E-state index contributed by atoms with van der Waals surface area (Å²) in [4.78, 5) is 28.7. The lowest BCUT2D eigenvalue weighted by Crippen LogP contribution is -2.39. The molecular weight excluding hydrogens is 232 g/mol. The zero-order valence-corrected chi connectivity index (χ0v) is 10.8. The molecule has 0 N–H and O–H groups in total. The Balaban J connectivity index is 3.12. The number of imidazole rings is 1. The van der Waals surface area contributed by atoms with E-state index in [1.165, 1.54) is 9.13 Å². The molecular formula is C12H16N4O2. The van der Waals surface area contributed by atoms with Crippen LogP contribution < -0.4 is 11.2 Å². The predicted octanol–water partition coefficient (Wildman–Crippen LogP) is 0.579. The predicted molar refractivity (Wildman–Crippen MR) is 70.7 cm³/mol. The number of nitrogens with zero attached hydrogens (tertiary/aromatic N) is 4. The zero-order valence-electron chi connectivity index (χ0n) is 10.8. The topological polar surface area (TPSA) is 61.8 Å². The maximum Gasteiger partial charge on any atom is 0.332 e. The normalized spacial score (nSPS) is 11.1. The molecule has 2 aromatic rings. The van der Waals surface area contributed by atoms with Crippen molar-refractivity contribution in [2.45, 2.75) is 26.9 Å². The van der Waals surface area contributed by atoms with Crippen molar-refractivity contribution in [1.82, 2.24) is 18.7 Å². The van der Waals surface area contributed by atoms with E-state index in [0.717, 1.165) is 0 Å². The van der Waals surface area contributed by atoms with Gasteiger partial charge in [0.05, 0.1) is 0 Å². The SMILES string of the molecule is C=Cc1nc2c(c(=O)n(CC)c(=O)n2CC)n1C. The van der Waals surface area contributed by atoms with E-state index in [-0.39, 0.29) is 11.2 Å². The molecule has 2 aromatic heterocycles. The molecule has 0 bridgehead atoms. The van der Waals surface area contributed by atoms with Gasteiger partial charge in [0, 0.05) is 20.1 Å². The Kier molecular flexibility index (Phi) is 2.94. The summed E-state index contributed by atoms with van der Waals surface area (Å²) in [6, 6.07) is 0. The van der Waals surface area contributed by atoms with Crippen molar-refractivity contribution in [2.75, 3.05) is 0 Å². The summed E-state index contributed by atoms with van der Waals surface area (Å²) in [5.41, 5.74) is 0.249. The third kappa shape index (κ3) is 1.45. The summed E-state index contributed by atoms with van der Waals surface area (Å²) in [7, 11) is 1.75. The Morgan fingerprint density at radius 1 is 1.22 bits per heavy atom. The fraction of sp³-hybridized carbons (Fsp3) is 0.417. The van der Waals surface area contributed by atoms with Crippen LogP contribution in [0, 0.1) is 0 Å². The maximum absolute atomic E-state index is 12.3. The van der Waals surface area contributed by atoms with Crippen molar-refractivity contribution in [3.63, 3.8) is 0 Å². The summed E-state index contributed by atoms with van der Waals surface area (Å²) in [6.07, 6.45) is 1.57. The van der Waals surface area contributed by atoms with Crippen LogP contribution in [0.25, 0.3) is 17.2 Å². The fourth-order valence-electron chi connectivity index (χ4n) is 2.13. The summed E-state index contributed by atoms with van der Waals surface area (Å²) < 4.78 is 4.40. The van der Waals surface area contributed by atoms with Crippen LogP contribution in [0.3, 0.4) is 0 Å². The van der Waals surface area contributed by atoms with Gasteiger partial charge in [-0.1, -0.05) is 6.58 Å². The van der Waals surface area contributed by atoms with Gasteiger partial charge in [-0.25, -0.2) is 9.78 Å². The number of hydrogen-bond donors (Lipinski definition) is 0. The van der Waals surface area contributed by atoms with Gasteiger partial charge in [-0.15, -0.1) is 0 Å². The van der Waals surface area contributed by atoms with E-state index in [1.807, 2.05) is 6.92 Å². The molecule has 0 amide bonds. The molecule has 0 radical (unpaired) electrons. The third-order valence-corrected chi connectivity index (χ3v) is 3.09. The molecule has 0 aliphatic heterocycles. The average Bonchev–Trinajstić information content (AvgIpc) is 2.68. The van der Waals surface area contributed by atoms with Crippen LogP contribution in [0.2, 0.25) is 0 Å². The van der Waals surface area contributed by atoms with Gasteiger partial charge in [-0.2, -0.15) is 0 Å². The van der Waals surface area contributed by atoms with E-state index in [1.54, 1.807) is 24.6 Å². The van der Waals surface area contributed by atoms with E-state index in [9.17, 15) is 9.59 Å². The van der Waals surface area contributed by atoms with Crippen molar-refractivity contribution in [1.29, 1.82) is 0 Å². The van der Waals surface area contributed by atoms with Gasteiger partial charge in [0.2, 0.25) is 0 Å². The number of rotatable bonds is 3. The second-order valence-electron chi connectivity index (χ2n) is 3.98. The largest absolute Gasteiger partial charge is 0.332 e. The summed E-state index contributed by atoms with van der Waals surface area (Å²) in [5.74, 6) is 0.581. The van der Waals surface area contributed by atoms with Crippen molar-refractivity contribution in [2.24, 2.45) is 7.05 Å². The molecule has 0 atom stereocenters. The monoisotopic (exact) mass is 248 g/mol. The Hall–Kier alpha value is -2.11. The average molecular weight is 248 g/mol. The van der Waals surface area contributed by atoms with Gasteiger partial charge in [-0.3, -0.25) is 13.9 Å². The second kappa shape index (κ2) is 4.29. The van der Waals surface area contributed by atoms with Gasteiger partial charge in [0.15, 0.2) is 11.2 Å². The minimum Gasteiger partial charge on any atom is -0.322 e. The van der Waals surface area contributed by atoms with E-state index >= 15 is 0 Å². The van der Waals surface area contributed by atoms with E-state index in [4.69, 9.17) is 0 Å². The first-order valence-electron chi connectivity index (χ1n) is 5.89. The first kappa shape index (κ1) is 12.3. The molecule has 0 aliphatic carbocycles. The Bertz CT molecular complexity index is 733. The fourth-order valence-corrected chi connectivity index (χ4v) is 2.13. The van der Waals surface area contributed by atoms with Crippen LogP contribution in [0.1, 0.15) is 19.7 Å². The molecule has 0 aliphatic rings. The highest BCUT2D eigenvalue weighted by molar-refractivity contribution is 5.73. The first-order chi connectivity index (χ1) is 8.56. The maximum atomic E-state index is 12.3. The molecule has 0 fully saturated rings. The van der Waals surface area contributed by atoms with Crippen molar-refractivity contribution < 1.29 is 0 Å². The highest BCUT2D eigenvalue weighted by atomic mass is 16.2. The van der Waals surface area contributed by atoms with Gasteiger partial charge in [0.25, 0.3) is 5.56 Å². The van der Waals surface area contributed by atoms with Crippen LogP contribution in [-0.4, -0.2) is 18.7 Å². The highest BCUT2D eigenvalue weighted by Gasteiger charge is 2.17. The molecule has 2 heterocycles. The van der Waals surface area contributed by atoms with Crippen LogP contribution in [0.4, 0.5) is 0 Å². The molecule has 0 saturated heterocycles. The molecule has 6 nitrogen and oxygen atoms in total. The molecule has 18 heavy (non-hydrogen) atoms. The lowest BCUT2D eigenvalue weighted by molar-refractivity contribution is 0.604. The first-order valence-corrected chi connectivity index (χ1v) is 5.89. The Morgan fingerprint density at radius 2 is 1.83 bits per heavy atom.